The smallest absolute Gasteiger partial charge is 0.288 e. The first-order chi connectivity index (χ1) is 8.89. The van der Waals surface area contributed by atoms with E-state index in [9.17, 15) is 8.78 Å². The average Bonchev–Trinajstić information content (AvgIpc) is 2.77. The van der Waals surface area contributed by atoms with Crippen molar-refractivity contribution in [3.8, 4) is 5.69 Å². The second-order valence-corrected chi connectivity index (χ2v) is 5.75. The molecule has 2 N–H and O–H groups in total. The molecule has 0 fully saturated rings. The Hall–Kier alpha value is -1.40. The van der Waals surface area contributed by atoms with Crippen LogP contribution in [0.5, 0.6) is 0 Å². The number of hydrogen-bond acceptors (Lipinski definition) is 3. The molecule has 0 radical (unpaired) electrons. The molecular formula is C13H15F2N3S. The van der Waals surface area contributed by atoms with Gasteiger partial charge in [-0.1, -0.05) is 23.9 Å². The van der Waals surface area contributed by atoms with E-state index < -0.39 is 11.3 Å². The molecule has 0 spiro atoms. The molecule has 0 unspecified atom stereocenters. The molecular weight excluding hydrogens is 268 g/mol. The zero-order chi connectivity index (χ0) is 14.0. The average molecular weight is 283 g/mol. The van der Waals surface area contributed by atoms with Crippen molar-refractivity contribution in [3.05, 3.63) is 42.5 Å². The van der Waals surface area contributed by atoms with Crippen LogP contribution >= 0.6 is 11.8 Å². The van der Waals surface area contributed by atoms with Crippen LogP contribution in [0, 0.1) is 0 Å². The lowest BCUT2D eigenvalue weighted by molar-refractivity contribution is 0.252. The maximum atomic E-state index is 12.6. The third-order valence-electron chi connectivity index (χ3n) is 2.64. The van der Waals surface area contributed by atoms with E-state index in [-0.39, 0.29) is 0 Å². The highest BCUT2D eigenvalue weighted by Gasteiger charge is 2.21. The molecule has 0 saturated carbocycles. The van der Waals surface area contributed by atoms with E-state index in [1.165, 1.54) is 0 Å². The molecule has 0 aliphatic carbocycles. The van der Waals surface area contributed by atoms with Gasteiger partial charge in [0.25, 0.3) is 5.76 Å². The van der Waals surface area contributed by atoms with Gasteiger partial charge in [0.15, 0.2) is 0 Å². The highest BCUT2D eigenvalue weighted by molar-refractivity contribution is 7.99. The predicted octanol–water partition coefficient (Wildman–Crippen LogP) is 3.38. The summed E-state index contributed by atoms with van der Waals surface area (Å²) in [5.74, 6) is -2.46. The van der Waals surface area contributed by atoms with Gasteiger partial charge in [-0.3, -0.25) is 0 Å². The first-order valence-electron chi connectivity index (χ1n) is 5.75. The Balaban J connectivity index is 2.51. The Labute approximate surface area is 114 Å². The molecule has 0 saturated heterocycles. The fourth-order valence-corrected chi connectivity index (χ4v) is 2.45. The molecule has 2 rings (SSSR count). The monoisotopic (exact) mass is 283 g/mol. The Kier molecular flexibility index (Phi) is 3.91. The lowest BCUT2D eigenvalue weighted by atomic mass is 10.0. The van der Waals surface area contributed by atoms with Gasteiger partial charge in [0.2, 0.25) is 0 Å². The second kappa shape index (κ2) is 5.30. The summed E-state index contributed by atoms with van der Waals surface area (Å²) in [5.41, 5.74) is 6.92. The van der Waals surface area contributed by atoms with Crippen LogP contribution in [0.2, 0.25) is 0 Å². The zero-order valence-corrected chi connectivity index (χ0v) is 11.5. The van der Waals surface area contributed by atoms with Crippen molar-refractivity contribution in [2.45, 2.75) is 30.0 Å². The first-order valence-corrected chi connectivity index (χ1v) is 6.63. The van der Waals surface area contributed by atoms with Crippen LogP contribution in [-0.4, -0.2) is 15.3 Å². The van der Waals surface area contributed by atoms with Gasteiger partial charge in [0, 0.05) is 4.90 Å². The van der Waals surface area contributed by atoms with Crippen molar-refractivity contribution >= 4 is 11.8 Å². The standard InChI is InChI=1S/C13H15F2N3S/c1-13(2,16)11-7-17-8-18(11)9-5-3-4-6-10(9)19-12(14)15/h3-8,12H,16H2,1-2H3. The van der Waals surface area contributed by atoms with Crippen molar-refractivity contribution < 1.29 is 8.78 Å². The van der Waals surface area contributed by atoms with Gasteiger partial charge in [0.1, 0.15) is 0 Å². The van der Waals surface area contributed by atoms with E-state index in [1.807, 2.05) is 13.8 Å². The molecule has 0 aliphatic heterocycles. The summed E-state index contributed by atoms with van der Waals surface area (Å²) in [6.07, 6.45) is 3.25. The number of thioether (sulfide) groups is 1. The molecule has 2 aromatic rings. The minimum absolute atomic E-state index is 0.501. The number of imidazole rings is 1. The van der Waals surface area contributed by atoms with Crippen molar-refractivity contribution in [2.24, 2.45) is 5.73 Å². The zero-order valence-electron chi connectivity index (χ0n) is 10.7. The molecule has 1 aromatic carbocycles. The van der Waals surface area contributed by atoms with Crippen molar-refractivity contribution in [3.63, 3.8) is 0 Å². The van der Waals surface area contributed by atoms with Gasteiger partial charge in [-0.25, -0.2) is 4.98 Å². The molecule has 1 aromatic heterocycles. The quantitative estimate of drug-likeness (QED) is 0.875. The van der Waals surface area contributed by atoms with Crippen LogP contribution in [0.3, 0.4) is 0 Å². The summed E-state index contributed by atoms with van der Waals surface area (Å²) in [6.45, 7) is 3.70. The molecule has 3 nitrogen and oxygen atoms in total. The second-order valence-electron chi connectivity index (χ2n) is 4.72. The van der Waals surface area contributed by atoms with Gasteiger partial charge < -0.3 is 10.3 Å². The molecule has 1 heterocycles. The van der Waals surface area contributed by atoms with Crippen molar-refractivity contribution in [1.82, 2.24) is 9.55 Å². The Morgan fingerprint density at radius 1 is 1.32 bits per heavy atom. The highest BCUT2D eigenvalue weighted by atomic mass is 32.2. The van der Waals surface area contributed by atoms with Gasteiger partial charge in [0.05, 0.1) is 29.4 Å². The van der Waals surface area contributed by atoms with E-state index in [0.29, 0.717) is 22.3 Å². The van der Waals surface area contributed by atoms with Gasteiger partial charge in [-0.2, -0.15) is 8.78 Å². The lowest BCUT2D eigenvalue weighted by Crippen LogP contribution is -2.31. The Morgan fingerprint density at radius 3 is 2.63 bits per heavy atom. The van der Waals surface area contributed by atoms with Crippen LogP contribution < -0.4 is 5.73 Å². The normalized spacial score (nSPS) is 12.1. The largest absolute Gasteiger partial charge is 0.321 e. The van der Waals surface area contributed by atoms with Crippen LogP contribution in [0.1, 0.15) is 19.5 Å². The van der Waals surface area contributed by atoms with Crippen LogP contribution in [0.4, 0.5) is 8.78 Å². The molecule has 19 heavy (non-hydrogen) atoms. The number of halogens is 2. The molecule has 0 amide bonds. The number of aromatic nitrogens is 2. The maximum Gasteiger partial charge on any atom is 0.288 e. The van der Waals surface area contributed by atoms with Gasteiger partial charge in [-0.15, -0.1) is 0 Å². The van der Waals surface area contributed by atoms with Gasteiger partial charge >= 0.3 is 0 Å². The van der Waals surface area contributed by atoms with Gasteiger partial charge in [-0.05, 0) is 26.0 Å². The van der Waals surface area contributed by atoms with Crippen LogP contribution in [0.15, 0.2) is 41.7 Å². The summed E-state index contributed by atoms with van der Waals surface area (Å²) in [4.78, 5) is 4.57. The summed E-state index contributed by atoms with van der Waals surface area (Å²) in [7, 11) is 0. The fraction of sp³-hybridized carbons (Fsp3) is 0.308. The summed E-state index contributed by atoms with van der Waals surface area (Å²) in [5, 5.41) is 0. The number of nitrogens with zero attached hydrogens (tertiary/aromatic N) is 2. The first kappa shape index (κ1) is 14.0. The topological polar surface area (TPSA) is 43.8 Å². The SMILES string of the molecule is CC(C)(N)c1cncn1-c1ccccc1SC(F)F. The van der Waals surface area contributed by atoms with E-state index in [2.05, 4.69) is 4.98 Å². The summed E-state index contributed by atoms with van der Waals surface area (Å²) < 4.78 is 26.9. The van der Waals surface area contributed by atoms with E-state index in [4.69, 9.17) is 5.73 Å². The molecule has 6 heteroatoms. The minimum atomic E-state index is -2.46. The van der Waals surface area contributed by atoms with Crippen molar-refractivity contribution in [1.29, 1.82) is 0 Å². The summed E-state index contributed by atoms with van der Waals surface area (Å²) in [6, 6.07) is 6.98. The van der Waals surface area contributed by atoms with E-state index in [0.717, 1.165) is 5.69 Å². The molecule has 0 bridgehead atoms. The number of benzene rings is 1. The maximum absolute atomic E-state index is 12.6. The van der Waals surface area contributed by atoms with Crippen molar-refractivity contribution in [2.75, 3.05) is 0 Å². The van der Waals surface area contributed by atoms with Crippen LogP contribution in [0.25, 0.3) is 5.69 Å². The lowest BCUT2D eigenvalue weighted by Gasteiger charge is -2.21. The fourth-order valence-electron chi connectivity index (χ4n) is 1.82. The van der Waals surface area contributed by atoms with Crippen LogP contribution in [-0.2, 0) is 5.54 Å². The number of rotatable bonds is 4. The Bertz CT molecular complexity index is 561. The minimum Gasteiger partial charge on any atom is -0.321 e. The Morgan fingerprint density at radius 2 is 2.00 bits per heavy atom. The number of para-hydroxylation sites is 1. The number of hydrogen-bond donors (Lipinski definition) is 1. The van der Waals surface area contributed by atoms with E-state index >= 15 is 0 Å². The molecule has 102 valence electrons. The predicted molar refractivity (Wildman–Crippen MR) is 72.6 cm³/mol. The third kappa shape index (κ3) is 3.13. The van der Waals surface area contributed by atoms with E-state index in [1.54, 1.807) is 41.4 Å². The number of nitrogens with two attached hydrogens (primary N) is 1. The third-order valence-corrected chi connectivity index (χ3v) is 3.42. The molecule has 0 aliphatic rings. The molecule has 0 atom stereocenters. The highest BCUT2D eigenvalue weighted by Crippen LogP contribution is 2.32. The summed E-state index contributed by atoms with van der Waals surface area (Å²) >= 11 is 0.520. The number of alkyl halides is 2.